The van der Waals surface area contributed by atoms with Crippen LogP contribution in [-0.2, 0) is 10.9 Å². The molecule has 0 radical (unpaired) electrons. The van der Waals surface area contributed by atoms with Gasteiger partial charge in [0, 0.05) is 30.7 Å². The zero-order chi connectivity index (χ0) is 20.5. The minimum atomic E-state index is -4.34. The number of aliphatic hydroxyl groups excluding tert-OH is 1. The van der Waals surface area contributed by atoms with Gasteiger partial charge in [0.2, 0.25) is 0 Å². The Morgan fingerprint density at radius 1 is 1.28 bits per heavy atom. The van der Waals surface area contributed by atoms with Gasteiger partial charge in [0.25, 0.3) is 0 Å². The number of aliphatic imine (C=N–C) groups is 1. The SMILES string of the molecule is CCNC(=NCC1(CCO)CCOC1)NCC#Cc1ccc(C(F)(F)F)cc1.I. The topological polar surface area (TPSA) is 65.9 Å². The Morgan fingerprint density at radius 3 is 2.55 bits per heavy atom. The molecular formula is C20H27F3IN3O2. The fourth-order valence-electron chi connectivity index (χ4n) is 2.89. The highest BCUT2D eigenvalue weighted by Gasteiger charge is 2.34. The van der Waals surface area contributed by atoms with E-state index in [9.17, 15) is 18.3 Å². The lowest BCUT2D eigenvalue weighted by Crippen LogP contribution is -2.39. The molecule has 162 valence electrons. The molecular weight excluding hydrogens is 498 g/mol. The molecule has 0 amide bonds. The van der Waals surface area contributed by atoms with Gasteiger partial charge in [-0.05, 0) is 44.0 Å². The lowest BCUT2D eigenvalue weighted by Gasteiger charge is -2.24. The van der Waals surface area contributed by atoms with Crippen molar-refractivity contribution in [3.63, 3.8) is 0 Å². The summed E-state index contributed by atoms with van der Waals surface area (Å²) in [6.07, 6.45) is -2.84. The second-order valence-corrected chi connectivity index (χ2v) is 6.70. The van der Waals surface area contributed by atoms with Crippen LogP contribution in [0.1, 0.15) is 30.9 Å². The van der Waals surface area contributed by atoms with E-state index < -0.39 is 11.7 Å². The summed E-state index contributed by atoms with van der Waals surface area (Å²) in [6.45, 7) is 4.84. The zero-order valence-electron chi connectivity index (χ0n) is 16.3. The van der Waals surface area contributed by atoms with Gasteiger partial charge in [-0.25, -0.2) is 0 Å². The Labute approximate surface area is 186 Å². The number of nitrogens with one attached hydrogen (secondary N) is 2. The number of hydrogen-bond acceptors (Lipinski definition) is 3. The smallest absolute Gasteiger partial charge is 0.396 e. The molecule has 1 heterocycles. The average Bonchev–Trinajstić information content (AvgIpc) is 3.12. The van der Waals surface area contributed by atoms with Gasteiger partial charge >= 0.3 is 6.18 Å². The number of guanidine groups is 1. The fraction of sp³-hybridized carbons (Fsp3) is 0.550. The third-order valence-electron chi connectivity index (χ3n) is 4.53. The molecule has 1 unspecified atom stereocenters. The first-order valence-electron chi connectivity index (χ1n) is 9.25. The van der Waals surface area contributed by atoms with Crippen LogP contribution in [0.2, 0.25) is 0 Å². The number of hydrogen-bond donors (Lipinski definition) is 3. The average molecular weight is 525 g/mol. The summed E-state index contributed by atoms with van der Waals surface area (Å²) in [5, 5.41) is 15.5. The molecule has 1 atom stereocenters. The normalized spacial score (nSPS) is 19.1. The van der Waals surface area contributed by atoms with Gasteiger partial charge in [-0.1, -0.05) is 11.8 Å². The second kappa shape index (κ2) is 12.2. The number of aliphatic hydroxyl groups is 1. The van der Waals surface area contributed by atoms with Crippen LogP contribution in [0.5, 0.6) is 0 Å². The van der Waals surface area contributed by atoms with Gasteiger partial charge in [-0.15, -0.1) is 24.0 Å². The lowest BCUT2D eigenvalue weighted by molar-refractivity contribution is -0.137. The maximum Gasteiger partial charge on any atom is 0.416 e. The van der Waals surface area contributed by atoms with E-state index in [-0.39, 0.29) is 36.0 Å². The van der Waals surface area contributed by atoms with Gasteiger partial charge in [0.05, 0.1) is 25.3 Å². The Bertz CT molecular complexity index is 706. The number of halogens is 4. The van der Waals surface area contributed by atoms with Gasteiger partial charge < -0.3 is 20.5 Å². The van der Waals surface area contributed by atoms with E-state index in [4.69, 9.17) is 4.74 Å². The van der Waals surface area contributed by atoms with Gasteiger partial charge in [-0.2, -0.15) is 13.2 Å². The highest BCUT2D eigenvalue weighted by Crippen LogP contribution is 2.32. The number of nitrogens with zero attached hydrogens (tertiary/aromatic N) is 1. The summed E-state index contributed by atoms with van der Waals surface area (Å²) in [7, 11) is 0. The molecule has 1 aromatic rings. The molecule has 29 heavy (non-hydrogen) atoms. The number of alkyl halides is 3. The quantitative estimate of drug-likeness (QED) is 0.231. The Morgan fingerprint density at radius 2 is 2.00 bits per heavy atom. The van der Waals surface area contributed by atoms with Crippen molar-refractivity contribution in [2.24, 2.45) is 10.4 Å². The standard InChI is InChI=1S/C20H26F3N3O2.HI/c1-2-24-18(26-14-19(9-12-27)10-13-28-15-19)25-11-3-4-16-5-7-17(8-6-16)20(21,22)23;/h5-8,27H,2,9-15H2,1H3,(H2,24,25,26);1H. The monoisotopic (exact) mass is 525 g/mol. The summed E-state index contributed by atoms with van der Waals surface area (Å²) >= 11 is 0. The van der Waals surface area contributed by atoms with Crippen molar-refractivity contribution in [3.05, 3.63) is 35.4 Å². The molecule has 1 aliphatic heterocycles. The van der Waals surface area contributed by atoms with Crippen LogP contribution >= 0.6 is 24.0 Å². The zero-order valence-corrected chi connectivity index (χ0v) is 18.6. The van der Waals surface area contributed by atoms with Crippen LogP contribution in [0.15, 0.2) is 29.3 Å². The van der Waals surface area contributed by atoms with E-state index in [2.05, 4.69) is 27.5 Å². The predicted octanol–water partition coefficient (Wildman–Crippen LogP) is 3.02. The van der Waals surface area contributed by atoms with E-state index in [0.717, 1.165) is 18.6 Å². The number of rotatable bonds is 6. The summed E-state index contributed by atoms with van der Waals surface area (Å²) < 4.78 is 43.1. The molecule has 2 rings (SSSR count). The van der Waals surface area contributed by atoms with Gasteiger partial charge in [0.1, 0.15) is 0 Å². The molecule has 0 bridgehead atoms. The van der Waals surface area contributed by atoms with Gasteiger partial charge in [0.15, 0.2) is 5.96 Å². The van der Waals surface area contributed by atoms with Crippen molar-refractivity contribution in [1.29, 1.82) is 0 Å². The third kappa shape index (κ3) is 8.40. The Kier molecular flexibility index (Phi) is 10.8. The van der Waals surface area contributed by atoms with Crippen molar-refractivity contribution in [2.45, 2.75) is 25.9 Å². The first-order valence-corrected chi connectivity index (χ1v) is 9.25. The molecule has 1 saturated heterocycles. The number of ether oxygens (including phenoxy) is 1. The van der Waals surface area contributed by atoms with Crippen molar-refractivity contribution >= 4 is 29.9 Å². The van der Waals surface area contributed by atoms with E-state index >= 15 is 0 Å². The van der Waals surface area contributed by atoms with Crippen LogP contribution in [0.4, 0.5) is 13.2 Å². The van der Waals surface area contributed by atoms with E-state index in [1.54, 1.807) is 0 Å². The third-order valence-corrected chi connectivity index (χ3v) is 4.53. The minimum Gasteiger partial charge on any atom is -0.396 e. The van der Waals surface area contributed by atoms with Gasteiger partial charge in [-0.3, -0.25) is 4.99 Å². The minimum absolute atomic E-state index is 0. The molecule has 0 aliphatic carbocycles. The van der Waals surface area contributed by atoms with Crippen LogP contribution in [-0.4, -0.2) is 50.5 Å². The van der Waals surface area contributed by atoms with Crippen molar-refractivity contribution in [1.82, 2.24) is 10.6 Å². The molecule has 0 aromatic heterocycles. The van der Waals surface area contributed by atoms with Crippen LogP contribution < -0.4 is 10.6 Å². The Hall–Kier alpha value is -1.51. The molecule has 9 heteroatoms. The highest BCUT2D eigenvalue weighted by molar-refractivity contribution is 14.0. The maximum atomic E-state index is 12.6. The van der Waals surface area contributed by atoms with Crippen molar-refractivity contribution in [3.8, 4) is 11.8 Å². The molecule has 1 aromatic carbocycles. The molecule has 1 aliphatic rings. The van der Waals surface area contributed by atoms with E-state index in [1.807, 2.05) is 6.92 Å². The molecule has 3 N–H and O–H groups in total. The van der Waals surface area contributed by atoms with Crippen molar-refractivity contribution in [2.75, 3.05) is 39.5 Å². The highest BCUT2D eigenvalue weighted by atomic mass is 127. The molecule has 0 saturated carbocycles. The van der Waals surface area contributed by atoms with E-state index in [0.29, 0.717) is 50.8 Å². The summed E-state index contributed by atoms with van der Waals surface area (Å²) in [6, 6.07) is 4.75. The van der Waals surface area contributed by atoms with Crippen LogP contribution in [0.3, 0.4) is 0 Å². The summed E-state index contributed by atoms with van der Waals surface area (Å²) in [4.78, 5) is 4.58. The number of benzene rings is 1. The largest absolute Gasteiger partial charge is 0.416 e. The van der Waals surface area contributed by atoms with Crippen LogP contribution in [0, 0.1) is 17.3 Å². The van der Waals surface area contributed by atoms with Crippen LogP contribution in [0.25, 0.3) is 0 Å². The summed E-state index contributed by atoms with van der Waals surface area (Å²) in [5.41, 5.74) is -0.310. The first kappa shape index (κ1) is 25.5. The second-order valence-electron chi connectivity index (χ2n) is 6.70. The maximum absolute atomic E-state index is 12.6. The van der Waals surface area contributed by atoms with Crippen molar-refractivity contribution < 1.29 is 23.0 Å². The van der Waals surface area contributed by atoms with E-state index in [1.165, 1.54) is 12.1 Å². The lowest BCUT2D eigenvalue weighted by atomic mass is 9.84. The summed E-state index contributed by atoms with van der Waals surface area (Å²) in [5.74, 6) is 6.32. The molecule has 1 fully saturated rings. The fourth-order valence-corrected chi connectivity index (χ4v) is 2.89. The first-order chi connectivity index (χ1) is 13.4. The Balaban J connectivity index is 0.00000420. The molecule has 5 nitrogen and oxygen atoms in total. The predicted molar refractivity (Wildman–Crippen MR) is 117 cm³/mol. The molecule has 0 spiro atoms.